The van der Waals surface area contributed by atoms with Gasteiger partial charge in [0, 0.05) is 38.3 Å². The average Bonchev–Trinajstić information content (AvgIpc) is 2.34. The zero-order valence-corrected chi connectivity index (χ0v) is 11.0. The molecule has 0 radical (unpaired) electrons. The molecule has 1 aromatic heterocycles. The highest BCUT2D eigenvalue weighted by molar-refractivity contribution is 7.99. The number of rotatable bonds is 8. The molecule has 0 aliphatic heterocycles. The lowest BCUT2D eigenvalue weighted by atomic mass is 10.4. The molecule has 0 bridgehead atoms. The minimum Gasteiger partial charge on any atom is -0.391 e. The van der Waals surface area contributed by atoms with Crippen LogP contribution in [0.4, 0.5) is 0 Å². The van der Waals surface area contributed by atoms with Gasteiger partial charge in [-0.2, -0.15) is 0 Å². The number of aromatic nitrogens is 2. The van der Waals surface area contributed by atoms with Crippen molar-refractivity contribution in [2.75, 3.05) is 32.6 Å². The van der Waals surface area contributed by atoms with E-state index in [-0.39, 0.29) is 0 Å². The Hall–Kier alpha value is -0.690. The Labute approximate surface area is 106 Å². The first-order valence-corrected chi connectivity index (χ1v) is 6.50. The van der Waals surface area contributed by atoms with Crippen molar-refractivity contribution in [2.45, 2.75) is 18.2 Å². The highest BCUT2D eigenvalue weighted by atomic mass is 32.2. The lowest BCUT2D eigenvalue weighted by Gasteiger charge is -2.10. The van der Waals surface area contributed by atoms with Gasteiger partial charge in [-0.3, -0.25) is 0 Å². The van der Waals surface area contributed by atoms with Gasteiger partial charge in [-0.25, -0.2) is 9.97 Å². The van der Waals surface area contributed by atoms with Crippen LogP contribution in [0.3, 0.4) is 0 Å². The van der Waals surface area contributed by atoms with Gasteiger partial charge in [-0.05, 0) is 12.5 Å². The van der Waals surface area contributed by atoms with E-state index in [1.54, 1.807) is 19.5 Å². The molecule has 1 rings (SSSR count). The molecule has 0 spiro atoms. The molecule has 0 aromatic carbocycles. The van der Waals surface area contributed by atoms with Crippen LogP contribution >= 0.6 is 11.8 Å². The van der Waals surface area contributed by atoms with E-state index in [2.05, 4.69) is 15.3 Å². The van der Waals surface area contributed by atoms with Crippen LogP contribution in [0.25, 0.3) is 0 Å². The highest BCUT2D eigenvalue weighted by Crippen LogP contribution is 2.12. The SMILES string of the molecule is COCCNCC(O)CSc1ncc(C)cn1. The molecule has 0 fully saturated rings. The van der Waals surface area contributed by atoms with Crippen LogP contribution in [-0.4, -0.2) is 53.7 Å². The summed E-state index contributed by atoms with van der Waals surface area (Å²) in [6.45, 7) is 3.91. The molecule has 2 N–H and O–H groups in total. The number of thioether (sulfide) groups is 1. The van der Waals surface area contributed by atoms with E-state index in [1.165, 1.54) is 11.8 Å². The predicted octanol–water partition coefficient (Wildman–Crippen LogP) is 0.474. The molecular weight excluding hydrogens is 238 g/mol. The van der Waals surface area contributed by atoms with E-state index in [0.717, 1.165) is 12.1 Å². The fourth-order valence-corrected chi connectivity index (χ4v) is 1.84. The van der Waals surface area contributed by atoms with E-state index in [9.17, 15) is 5.11 Å². The minimum atomic E-state index is -0.401. The molecule has 0 saturated heterocycles. The van der Waals surface area contributed by atoms with Crippen molar-refractivity contribution in [3.05, 3.63) is 18.0 Å². The number of hydrogen-bond donors (Lipinski definition) is 2. The van der Waals surface area contributed by atoms with Crippen molar-refractivity contribution < 1.29 is 9.84 Å². The van der Waals surface area contributed by atoms with Crippen molar-refractivity contribution in [3.63, 3.8) is 0 Å². The second-order valence-electron chi connectivity index (χ2n) is 3.70. The van der Waals surface area contributed by atoms with Gasteiger partial charge >= 0.3 is 0 Å². The van der Waals surface area contributed by atoms with Crippen LogP contribution in [0, 0.1) is 6.92 Å². The maximum absolute atomic E-state index is 9.68. The molecule has 0 aliphatic carbocycles. The van der Waals surface area contributed by atoms with Crippen molar-refractivity contribution >= 4 is 11.8 Å². The average molecular weight is 257 g/mol. The molecule has 0 aliphatic rings. The third-order valence-corrected chi connectivity index (χ3v) is 3.05. The fraction of sp³-hybridized carbons (Fsp3) is 0.636. The molecule has 1 unspecified atom stereocenters. The number of ether oxygens (including phenoxy) is 1. The van der Waals surface area contributed by atoms with E-state index in [1.807, 2.05) is 6.92 Å². The van der Waals surface area contributed by atoms with Gasteiger partial charge in [0.2, 0.25) is 0 Å². The van der Waals surface area contributed by atoms with Gasteiger partial charge in [0.1, 0.15) is 0 Å². The largest absolute Gasteiger partial charge is 0.391 e. The number of aryl methyl sites for hydroxylation is 1. The molecule has 1 aromatic rings. The van der Waals surface area contributed by atoms with Crippen LogP contribution in [0.1, 0.15) is 5.56 Å². The fourth-order valence-electron chi connectivity index (χ4n) is 1.13. The third-order valence-electron chi connectivity index (χ3n) is 2.02. The van der Waals surface area contributed by atoms with Gasteiger partial charge in [0.25, 0.3) is 0 Å². The Morgan fingerprint density at radius 2 is 2.18 bits per heavy atom. The van der Waals surface area contributed by atoms with E-state index in [0.29, 0.717) is 24.1 Å². The van der Waals surface area contributed by atoms with Gasteiger partial charge in [0.15, 0.2) is 5.16 Å². The number of aliphatic hydroxyl groups is 1. The van der Waals surface area contributed by atoms with Gasteiger partial charge in [-0.1, -0.05) is 11.8 Å². The molecular formula is C11H19N3O2S. The van der Waals surface area contributed by atoms with Crippen molar-refractivity contribution in [2.24, 2.45) is 0 Å². The van der Waals surface area contributed by atoms with Crippen LogP contribution in [0.5, 0.6) is 0 Å². The monoisotopic (exact) mass is 257 g/mol. The summed E-state index contributed by atoms with van der Waals surface area (Å²) >= 11 is 1.46. The van der Waals surface area contributed by atoms with Crippen molar-refractivity contribution in [1.82, 2.24) is 15.3 Å². The topological polar surface area (TPSA) is 67.3 Å². The second-order valence-corrected chi connectivity index (χ2v) is 4.69. The van der Waals surface area contributed by atoms with Gasteiger partial charge in [-0.15, -0.1) is 0 Å². The number of nitrogens with zero attached hydrogens (tertiary/aromatic N) is 2. The Morgan fingerprint density at radius 3 is 2.82 bits per heavy atom. The summed E-state index contributed by atoms with van der Waals surface area (Å²) in [5, 5.41) is 13.5. The van der Waals surface area contributed by atoms with E-state index in [4.69, 9.17) is 4.74 Å². The van der Waals surface area contributed by atoms with Crippen LogP contribution in [0.15, 0.2) is 17.6 Å². The first kappa shape index (κ1) is 14.4. The molecule has 6 heteroatoms. The number of nitrogens with one attached hydrogen (secondary N) is 1. The van der Waals surface area contributed by atoms with E-state index >= 15 is 0 Å². The number of aliphatic hydroxyl groups excluding tert-OH is 1. The van der Waals surface area contributed by atoms with E-state index < -0.39 is 6.10 Å². The molecule has 96 valence electrons. The summed E-state index contributed by atoms with van der Waals surface area (Å²) in [7, 11) is 1.66. The smallest absolute Gasteiger partial charge is 0.187 e. The Kier molecular flexibility index (Phi) is 7.11. The summed E-state index contributed by atoms with van der Waals surface area (Å²) in [4.78, 5) is 8.32. The van der Waals surface area contributed by atoms with Crippen molar-refractivity contribution in [1.29, 1.82) is 0 Å². The maximum Gasteiger partial charge on any atom is 0.187 e. The number of methoxy groups -OCH3 is 1. The third kappa shape index (κ3) is 6.58. The number of hydrogen-bond acceptors (Lipinski definition) is 6. The lowest BCUT2D eigenvalue weighted by molar-refractivity contribution is 0.175. The Balaban J connectivity index is 2.14. The first-order valence-electron chi connectivity index (χ1n) is 5.51. The zero-order chi connectivity index (χ0) is 12.5. The normalized spacial score (nSPS) is 12.6. The molecule has 1 atom stereocenters. The summed E-state index contributed by atoms with van der Waals surface area (Å²) in [6.07, 6.45) is 3.15. The molecule has 5 nitrogen and oxygen atoms in total. The maximum atomic E-state index is 9.68. The minimum absolute atomic E-state index is 0.401. The molecule has 0 amide bonds. The van der Waals surface area contributed by atoms with Crippen LogP contribution in [-0.2, 0) is 4.74 Å². The molecule has 17 heavy (non-hydrogen) atoms. The highest BCUT2D eigenvalue weighted by Gasteiger charge is 2.05. The van der Waals surface area contributed by atoms with Crippen LogP contribution < -0.4 is 5.32 Å². The molecule has 1 heterocycles. The second kappa shape index (κ2) is 8.41. The van der Waals surface area contributed by atoms with Crippen LogP contribution in [0.2, 0.25) is 0 Å². The zero-order valence-electron chi connectivity index (χ0n) is 10.2. The van der Waals surface area contributed by atoms with Gasteiger partial charge < -0.3 is 15.2 Å². The first-order chi connectivity index (χ1) is 8.22. The standard InChI is InChI=1S/C11H19N3O2S/c1-9-5-13-11(14-6-9)17-8-10(15)7-12-3-4-16-2/h5-6,10,12,15H,3-4,7-8H2,1-2H3. The van der Waals surface area contributed by atoms with Gasteiger partial charge in [0.05, 0.1) is 12.7 Å². The lowest BCUT2D eigenvalue weighted by Crippen LogP contribution is -2.30. The quantitative estimate of drug-likeness (QED) is 0.401. The predicted molar refractivity (Wildman–Crippen MR) is 68.2 cm³/mol. The molecule has 0 saturated carbocycles. The Bertz CT molecular complexity index is 308. The Morgan fingerprint density at radius 1 is 1.47 bits per heavy atom. The summed E-state index contributed by atoms with van der Waals surface area (Å²) in [5.74, 6) is 0.586. The summed E-state index contributed by atoms with van der Waals surface area (Å²) in [5.41, 5.74) is 1.04. The summed E-state index contributed by atoms with van der Waals surface area (Å²) in [6, 6.07) is 0. The van der Waals surface area contributed by atoms with Crippen molar-refractivity contribution in [3.8, 4) is 0 Å². The summed E-state index contributed by atoms with van der Waals surface area (Å²) < 4.78 is 4.89.